The van der Waals surface area contributed by atoms with E-state index in [4.69, 9.17) is 0 Å². The van der Waals surface area contributed by atoms with Crippen molar-refractivity contribution in [1.29, 1.82) is 0 Å². The van der Waals surface area contributed by atoms with Crippen LogP contribution in [0.2, 0.25) is 0 Å². The number of rotatable bonds is 3. The Bertz CT molecular complexity index is 1020. The Labute approximate surface area is 167 Å². The number of imide groups is 1. The van der Waals surface area contributed by atoms with Crippen molar-refractivity contribution < 1.29 is 14.4 Å². The fourth-order valence-electron chi connectivity index (χ4n) is 4.07. The minimum Gasteiger partial charge on any atom is -0.338 e. The highest BCUT2D eigenvalue weighted by Gasteiger charge is 2.54. The Morgan fingerprint density at radius 2 is 1.72 bits per heavy atom. The minimum absolute atomic E-state index is 0.183. The van der Waals surface area contributed by atoms with Gasteiger partial charge in [0.15, 0.2) is 0 Å². The molecule has 29 heavy (non-hydrogen) atoms. The van der Waals surface area contributed by atoms with Crippen LogP contribution >= 0.6 is 0 Å². The monoisotopic (exact) mass is 394 g/mol. The largest absolute Gasteiger partial charge is 0.338 e. The van der Waals surface area contributed by atoms with Crippen LogP contribution in [0.3, 0.4) is 0 Å². The first kappa shape index (κ1) is 18.9. The van der Waals surface area contributed by atoms with E-state index in [0.717, 1.165) is 5.56 Å². The van der Waals surface area contributed by atoms with Gasteiger partial charge in [0.05, 0.1) is 5.56 Å². The van der Waals surface area contributed by atoms with E-state index in [9.17, 15) is 19.2 Å². The third kappa shape index (κ3) is 3.30. The van der Waals surface area contributed by atoms with Gasteiger partial charge in [0.25, 0.3) is 11.8 Å². The summed E-state index contributed by atoms with van der Waals surface area (Å²) in [4.78, 5) is 52.8. The molecule has 1 aromatic carbocycles. The second kappa shape index (κ2) is 7.20. The van der Waals surface area contributed by atoms with Crippen LogP contribution in [-0.2, 0) is 18.4 Å². The summed E-state index contributed by atoms with van der Waals surface area (Å²) in [6.45, 7) is 1.05. The van der Waals surface area contributed by atoms with Gasteiger partial charge in [-0.05, 0) is 24.5 Å². The zero-order chi connectivity index (χ0) is 20.6. The first-order valence-corrected chi connectivity index (χ1v) is 9.54. The molecule has 2 saturated heterocycles. The van der Waals surface area contributed by atoms with Gasteiger partial charge in [-0.2, -0.15) is 0 Å². The summed E-state index contributed by atoms with van der Waals surface area (Å²) in [7, 11) is 1.60. The lowest BCUT2D eigenvalue weighted by molar-refractivity contribution is -0.129. The van der Waals surface area contributed by atoms with Crippen LogP contribution in [0, 0.1) is 0 Å². The summed E-state index contributed by atoms with van der Waals surface area (Å²) in [5.74, 6) is -0.484. The smallest absolute Gasteiger partial charge is 0.325 e. The number of carbonyl (C=O) groups excluding carboxylic acids is 3. The number of hydrogen-bond acceptors (Lipinski definition) is 4. The first-order valence-electron chi connectivity index (χ1n) is 9.54. The summed E-state index contributed by atoms with van der Waals surface area (Å²) < 4.78 is 1.36. The predicted octanol–water partition coefficient (Wildman–Crippen LogP) is 1.11. The molecule has 8 nitrogen and oxygen atoms in total. The molecule has 0 saturated carbocycles. The average Bonchev–Trinajstić information content (AvgIpc) is 2.95. The van der Waals surface area contributed by atoms with E-state index in [-0.39, 0.29) is 17.4 Å². The second-order valence-electron chi connectivity index (χ2n) is 7.52. The number of likely N-dealkylation sites (tertiary alicyclic amines) is 1. The van der Waals surface area contributed by atoms with Crippen LogP contribution in [0.4, 0.5) is 4.79 Å². The molecule has 2 aliphatic heterocycles. The molecular formula is C21H22N4O4. The van der Waals surface area contributed by atoms with Gasteiger partial charge in [-0.25, -0.2) is 4.79 Å². The zero-order valence-corrected chi connectivity index (χ0v) is 16.1. The summed E-state index contributed by atoms with van der Waals surface area (Å²) in [6, 6.07) is 12.0. The molecule has 0 aliphatic carbocycles. The van der Waals surface area contributed by atoms with E-state index in [1.165, 1.54) is 22.9 Å². The molecule has 0 unspecified atom stereocenters. The van der Waals surface area contributed by atoms with Crippen LogP contribution in [0.5, 0.6) is 0 Å². The number of aryl methyl sites for hydroxylation is 1. The maximum atomic E-state index is 12.8. The number of carbonyl (C=O) groups is 3. The molecule has 2 aliphatic rings. The summed E-state index contributed by atoms with van der Waals surface area (Å²) in [5.41, 5.74) is 0.251. The molecule has 4 rings (SSSR count). The Morgan fingerprint density at radius 1 is 1.03 bits per heavy atom. The molecule has 2 fully saturated rings. The van der Waals surface area contributed by atoms with Gasteiger partial charge in [0.2, 0.25) is 5.56 Å². The van der Waals surface area contributed by atoms with E-state index >= 15 is 0 Å². The lowest BCUT2D eigenvalue weighted by Crippen LogP contribution is -2.57. The first-order chi connectivity index (χ1) is 13.9. The van der Waals surface area contributed by atoms with Crippen molar-refractivity contribution in [3.63, 3.8) is 0 Å². The maximum absolute atomic E-state index is 12.8. The molecule has 0 bridgehead atoms. The van der Waals surface area contributed by atoms with Gasteiger partial charge in [0.1, 0.15) is 5.54 Å². The van der Waals surface area contributed by atoms with Crippen molar-refractivity contribution in [2.75, 3.05) is 13.1 Å². The molecule has 1 N–H and O–H groups in total. The third-order valence-electron chi connectivity index (χ3n) is 5.80. The number of pyridine rings is 1. The molecule has 150 valence electrons. The van der Waals surface area contributed by atoms with Crippen molar-refractivity contribution >= 4 is 17.8 Å². The number of nitrogens with zero attached hydrogens (tertiary/aromatic N) is 3. The van der Waals surface area contributed by atoms with Crippen LogP contribution in [0.15, 0.2) is 53.5 Å². The highest BCUT2D eigenvalue weighted by Crippen LogP contribution is 2.34. The summed E-state index contributed by atoms with van der Waals surface area (Å²) in [5, 5.41) is 2.44. The second-order valence-corrected chi connectivity index (χ2v) is 7.52. The number of benzene rings is 1. The van der Waals surface area contributed by atoms with Crippen LogP contribution in [0.1, 0.15) is 28.8 Å². The molecular weight excluding hydrogens is 372 g/mol. The van der Waals surface area contributed by atoms with Crippen molar-refractivity contribution in [3.05, 3.63) is 70.1 Å². The number of piperidine rings is 1. The lowest BCUT2D eigenvalue weighted by atomic mass is 9.85. The van der Waals surface area contributed by atoms with E-state index in [2.05, 4.69) is 5.32 Å². The predicted molar refractivity (Wildman–Crippen MR) is 105 cm³/mol. The highest BCUT2D eigenvalue weighted by molar-refractivity contribution is 6.07. The van der Waals surface area contributed by atoms with Gasteiger partial charge < -0.3 is 14.4 Å². The molecule has 1 aromatic heterocycles. The van der Waals surface area contributed by atoms with Gasteiger partial charge in [0, 0.05) is 38.9 Å². The zero-order valence-electron chi connectivity index (χ0n) is 16.1. The van der Waals surface area contributed by atoms with Crippen molar-refractivity contribution in [3.8, 4) is 0 Å². The topological polar surface area (TPSA) is 91.7 Å². The van der Waals surface area contributed by atoms with Gasteiger partial charge >= 0.3 is 6.03 Å². The minimum atomic E-state index is -0.937. The van der Waals surface area contributed by atoms with E-state index in [1.54, 1.807) is 16.8 Å². The van der Waals surface area contributed by atoms with Crippen LogP contribution in [-0.4, -0.2) is 50.8 Å². The van der Waals surface area contributed by atoms with E-state index < -0.39 is 11.6 Å². The standard InChI is InChI=1S/C21H22N4O4/c1-23-14-16(7-8-17(23)26)18(27)24-11-9-21(10-12-24)19(28)22-20(29)25(21)13-15-5-3-2-4-6-15/h2-8,14H,9-13H2,1H3,(H,22,28,29). The highest BCUT2D eigenvalue weighted by atomic mass is 16.2. The number of nitrogens with one attached hydrogen (secondary N) is 1. The van der Waals surface area contributed by atoms with Gasteiger partial charge in [-0.3, -0.25) is 19.7 Å². The normalized spacial score (nSPS) is 18.2. The Morgan fingerprint density at radius 3 is 2.38 bits per heavy atom. The van der Waals surface area contributed by atoms with E-state index in [1.807, 2.05) is 30.3 Å². The Hall–Kier alpha value is -3.42. The third-order valence-corrected chi connectivity index (χ3v) is 5.80. The number of hydrogen-bond donors (Lipinski definition) is 1. The van der Waals surface area contributed by atoms with Crippen molar-refractivity contribution in [1.82, 2.24) is 19.7 Å². The summed E-state index contributed by atoms with van der Waals surface area (Å²) >= 11 is 0. The number of urea groups is 1. The molecule has 8 heteroatoms. The Balaban J connectivity index is 1.52. The van der Waals surface area contributed by atoms with Gasteiger partial charge in [-0.15, -0.1) is 0 Å². The van der Waals surface area contributed by atoms with E-state index in [0.29, 0.717) is 38.0 Å². The molecule has 2 aromatic rings. The average molecular weight is 394 g/mol. The fourth-order valence-corrected chi connectivity index (χ4v) is 4.07. The van der Waals surface area contributed by atoms with Crippen LogP contribution in [0.25, 0.3) is 0 Å². The molecule has 0 radical (unpaired) electrons. The molecule has 1 spiro atoms. The fraction of sp³-hybridized carbons (Fsp3) is 0.333. The number of aromatic nitrogens is 1. The Kier molecular flexibility index (Phi) is 4.70. The van der Waals surface area contributed by atoms with Crippen molar-refractivity contribution in [2.45, 2.75) is 24.9 Å². The maximum Gasteiger partial charge on any atom is 0.325 e. The molecule has 3 heterocycles. The molecule has 0 atom stereocenters. The van der Waals surface area contributed by atoms with Crippen molar-refractivity contribution in [2.24, 2.45) is 7.05 Å². The molecule has 4 amide bonds. The van der Waals surface area contributed by atoms with Crippen LogP contribution < -0.4 is 10.9 Å². The lowest BCUT2D eigenvalue weighted by Gasteiger charge is -2.42. The summed E-state index contributed by atoms with van der Waals surface area (Å²) in [6.07, 6.45) is 2.26. The van der Waals surface area contributed by atoms with Gasteiger partial charge in [-0.1, -0.05) is 30.3 Å². The number of amides is 4. The quantitative estimate of drug-likeness (QED) is 0.790. The SMILES string of the molecule is Cn1cc(C(=O)N2CCC3(CC2)C(=O)NC(=O)N3Cc2ccccc2)ccc1=O.